The average Bonchev–Trinajstić information content (AvgIpc) is 2.87. The fraction of sp³-hybridized carbons (Fsp3) is 0.214. The molecular weight excluding hydrogens is 468 g/mol. The van der Waals surface area contributed by atoms with Crippen molar-refractivity contribution in [2.45, 2.75) is 26.4 Å². The Morgan fingerprint density at radius 2 is 1.76 bits per heavy atom. The van der Waals surface area contributed by atoms with Crippen LogP contribution in [-0.2, 0) is 0 Å². The average molecular weight is 499 g/mol. The van der Waals surface area contributed by atoms with Crippen LogP contribution < -0.4 is 20.9 Å². The molecule has 4 N–H and O–H groups in total. The lowest BCUT2D eigenvalue weighted by Gasteiger charge is -2.22. The molecule has 9 nitrogen and oxygen atoms in total. The summed E-state index contributed by atoms with van der Waals surface area (Å²) in [6.45, 7) is 5.58. The molecule has 0 heterocycles. The zero-order chi connectivity index (χ0) is 27.0. The van der Waals surface area contributed by atoms with E-state index in [1.807, 2.05) is 25.1 Å². The number of aliphatic hydroxyl groups is 1. The highest BCUT2D eigenvalue weighted by atomic mass is 16.3. The van der Waals surface area contributed by atoms with E-state index in [4.69, 9.17) is 5.26 Å². The summed E-state index contributed by atoms with van der Waals surface area (Å²) in [4.78, 5) is 31.2. The van der Waals surface area contributed by atoms with Crippen molar-refractivity contribution >= 4 is 41.0 Å². The van der Waals surface area contributed by atoms with Gasteiger partial charge in [-0.1, -0.05) is 17.7 Å². The number of aryl methyl sites for hydroxylation is 1. The third kappa shape index (κ3) is 7.92. The summed E-state index contributed by atoms with van der Waals surface area (Å²) in [6, 6.07) is 20.6. The number of hydrogen-bond acceptors (Lipinski definition) is 6. The molecule has 37 heavy (non-hydrogen) atoms. The van der Waals surface area contributed by atoms with Crippen molar-refractivity contribution in [1.29, 1.82) is 5.26 Å². The molecule has 0 bridgehead atoms. The predicted molar refractivity (Wildman–Crippen MR) is 147 cm³/mol. The molecule has 3 aromatic rings. The van der Waals surface area contributed by atoms with Gasteiger partial charge in [0.05, 0.1) is 34.9 Å². The van der Waals surface area contributed by atoms with E-state index in [0.717, 1.165) is 5.56 Å². The highest BCUT2D eigenvalue weighted by Crippen LogP contribution is 2.31. The Morgan fingerprint density at radius 1 is 1.08 bits per heavy atom. The molecule has 0 aromatic heterocycles. The van der Waals surface area contributed by atoms with Gasteiger partial charge >= 0.3 is 6.03 Å². The number of nitrogens with one attached hydrogen (secondary N) is 3. The van der Waals surface area contributed by atoms with Crippen LogP contribution in [0.3, 0.4) is 0 Å². The van der Waals surface area contributed by atoms with E-state index in [-0.39, 0.29) is 12.5 Å². The smallest absolute Gasteiger partial charge is 0.324 e. The summed E-state index contributed by atoms with van der Waals surface area (Å²) in [6.07, 6.45) is 1.25. The predicted octanol–water partition coefficient (Wildman–Crippen LogP) is 4.81. The lowest BCUT2D eigenvalue weighted by molar-refractivity contribution is 0.0944. The molecule has 0 aliphatic rings. The highest BCUT2D eigenvalue weighted by Gasteiger charge is 2.17. The number of urea groups is 1. The lowest BCUT2D eigenvalue weighted by atomic mass is 10.1. The number of anilines is 3. The monoisotopic (exact) mass is 498 g/mol. The van der Waals surface area contributed by atoms with Crippen LogP contribution >= 0.6 is 0 Å². The third-order valence-corrected chi connectivity index (χ3v) is 5.35. The van der Waals surface area contributed by atoms with Gasteiger partial charge in [-0.25, -0.2) is 9.79 Å². The summed E-state index contributed by atoms with van der Waals surface area (Å²) < 4.78 is 0. The maximum Gasteiger partial charge on any atom is 0.324 e. The molecule has 0 unspecified atom stereocenters. The first-order chi connectivity index (χ1) is 17.6. The summed E-state index contributed by atoms with van der Waals surface area (Å²) >= 11 is 0. The molecule has 3 amide bonds. The summed E-state index contributed by atoms with van der Waals surface area (Å²) in [5.41, 5.74) is 3.36. The Labute approximate surface area is 216 Å². The molecule has 0 aliphatic heterocycles. The number of aliphatic imine (C=N–C) groups is 1. The number of amides is 3. The van der Waals surface area contributed by atoms with Crippen LogP contribution in [0, 0.1) is 18.3 Å². The van der Waals surface area contributed by atoms with Crippen molar-refractivity contribution in [3.63, 3.8) is 0 Å². The highest BCUT2D eigenvalue weighted by molar-refractivity contribution is 6.06. The molecule has 0 radical (unpaired) electrons. The van der Waals surface area contributed by atoms with E-state index < -0.39 is 11.6 Å². The van der Waals surface area contributed by atoms with Crippen LogP contribution in [0.5, 0.6) is 0 Å². The van der Waals surface area contributed by atoms with Crippen LogP contribution in [0.4, 0.5) is 27.5 Å². The minimum absolute atomic E-state index is 0.174. The second-order valence-electron chi connectivity index (χ2n) is 9.14. The van der Waals surface area contributed by atoms with Gasteiger partial charge in [-0.05, 0) is 75.4 Å². The largest absolute Gasteiger partial charge is 0.389 e. The number of hydrogen-bond donors (Lipinski definition) is 4. The standard InChI is InChI=1S/C28H30N6O3/c1-19-5-9-21(10-6-19)26(35)34(4)23-13-14-24(30-17-28(2,3)37)25(15-23)31-18-32-27(36)33-22-11-7-20(16-29)8-12-22/h5-15,18,30,37H,17H2,1-4H3,(H2,31,32,33,36). The Balaban J connectivity index is 1.78. The molecule has 190 valence electrons. The Hall–Kier alpha value is -4.68. The van der Waals surface area contributed by atoms with Crippen molar-refractivity contribution in [3.05, 3.63) is 83.4 Å². The third-order valence-electron chi connectivity index (χ3n) is 5.35. The molecule has 0 fully saturated rings. The summed E-state index contributed by atoms with van der Waals surface area (Å²) in [7, 11) is 1.68. The molecular formula is C28H30N6O3. The normalized spacial score (nSPS) is 11.0. The van der Waals surface area contributed by atoms with Gasteiger partial charge in [0.2, 0.25) is 0 Å². The van der Waals surface area contributed by atoms with Crippen molar-refractivity contribution in [3.8, 4) is 6.07 Å². The number of rotatable bonds is 8. The van der Waals surface area contributed by atoms with Crippen LogP contribution in [0.15, 0.2) is 71.7 Å². The van der Waals surface area contributed by atoms with Crippen LogP contribution in [0.2, 0.25) is 0 Å². The number of nitrogens with zero attached hydrogens (tertiary/aromatic N) is 3. The van der Waals surface area contributed by atoms with Gasteiger partial charge in [0.15, 0.2) is 0 Å². The first-order valence-corrected chi connectivity index (χ1v) is 11.6. The first kappa shape index (κ1) is 26.9. The van der Waals surface area contributed by atoms with Gasteiger partial charge in [-0.15, -0.1) is 0 Å². The minimum atomic E-state index is -0.961. The fourth-order valence-electron chi connectivity index (χ4n) is 3.26. The van der Waals surface area contributed by atoms with E-state index in [2.05, 4.69) is 20.9 Å². The van der Waals surface area contributed by atoms with Gasteiger partial charge in [-0.3, -0.25) is 10.1 Å². The maximum absolute atomic E-state index is 13.0. The van der Waals surface area contributed by atoms with Gasteiger partial charge in [0.25, 0.3) is 5.91 Å². The maximum atomic E-state index is 13.0. The molecule has 0 aliphatic carbocycles. The van der Waals surface area contributed by atoms with E-state index in [1.54, 1.807) is 75.5 Å². The van der Waals surface area contributed by atoms with Gasteiger partial charge in [0.1, 0.15) is 0 Å². The minimum Gasteiger partial charge on any atom is -0.389 e. The molecule has 9 heteroatoms. The topological polar surface area (TPSA) is 130 Å². The molecule has 0 atom stereocenters. The number of carbonyl (C=O) groups is 2. The molecule has 0 saturated carbocycles. The Kier molecular flexibility index (Phi) is 8.61. The summed E-state index contributed by atoms with van der Waals surface area (Å²) in [5, 5.41) is 27.4. The molecule has 0 spiro atoms. The quantitative estimate of drug-likeness (QED) is 0.262. The second-order valence-corrected chi connectivity index (χ2v) is 9.14. The van der Waals surface area contributed by atoms with E-state index >= 15 is 0 Å². The lowest BCUT2D eigenvalue weighted by Crippen LogP contribution is -2.29. The Morgan fingerprint density at radius 3 is 2.38 bits per heavy atom. The first-order valence-electron chi connectivity index (χ1n) is 11.6. The number of benzene rings is 3. The molecule has 3 rings (SSSR count). The van der Waals surface area contributed by atoms with E-state index in [0.29, 0.717) is 33.9 Å². The van der Waals surface area contributed by atoms with E-state index in [9.17, 15) is 14.7 Å². The second kappa shape index (κ2) is 11.8. The molecule has 3 aromatic carbocycles. The van der Waals surface area contributed by atoms with Gasteiger partial charge in [0, 0.05) is 30.5 Å². The van der Waals surface area contributed by atoms with Crippen LogP contribution in [-0.4, -0.2) is 42.6 Å². The van der Waals surface area contributed by atoms with Crippen LogP contribution in [0.25, 0.3) is 0 Å². The number of nitriles is 1. The Bertz CT molecular complexity index is 1320. The summed E-state index contributed by atoms with van der Waals surface area (Å²) in [5.74, 6) is -0.174. The van der Waals surface area contributed by atoms with Crippen LogP contribution in [0.1, 0.15) is 35.3 Å². The van der Waals surface area contributed by atoms with Gasteiger partial charge < -0.3 is 20.6 Å². The van der Waals surface area contributed by atoms with Gasteiger partial charge in [-0.2, -0.15) is 5.26 Å². The zero-order valence-electron chi connectivity index (χ0n) is 21.2. The van der Waals surface area contributed by atoms with E-state index in [1.165, 1.54) is 11.2 Å². The molecule has 0 saturated heterocycles. The zero-order valence-corrected chi connectivity index (χ0v) is 21.2. The SMILES string of the molecule is Cc1ccc(C(=O)N(C)c2ccc(NCC(C)(C)O)c(N=CNC(=O)Nc3ccc(C#N)cc3)c2)cc1. The van der Waals surface area contributed by atoms with Crippen molar-refractivity contribution in [2.24, 2.45) is 4.99 Å². The van der Waals surface area contributed by atoms with Crippen molar-refractivity contribution in [1.82, 2.24) is 5.32 Å². The fourth-order valence-corrected chi connectivity index (χ4v) is 3.26. The number of carbonyl (C=O) groups excluding carboxylic acids is 2. The van der Waals surface area contributed by atoms with Crippen molar-refractivity contribution in [2.75, 3.05) is 29.1 Å². The van der Waals surface area contributed by atoms with Crippen molar-refractivity contribution < 1.29 is 14.7 Å².